The molecule has 0 spiro atoms. The number of nitrogens with zero attached hydrogens (tertiary/aromatic N) is 6. The Morgan fingerprint density at radius 3 is 2.15 bits per heavy atom. The number of ether oxygens (including phenoxy) is 1. The van der Waals surface area contributed by atoms with E-state index >= 15 is 0 Å². The van der Waals surface area contributed by atoms with Gasteiger partial charge in [-0.1, -0.05) is 0 Å². The first-order valence-corrected chi connectivity index (χ1v) is 6.51. The van der Waals surface area contributed by atoms with E-state index in [1.54, 1.807) is 31.8 Å². The first kappa shape index (κ1) is 12.6. The first-order valence-electron chi connectivity index (χ1n) is 6.51. The summed E-state index contributed by atoms with van der Waals surface area (Å²) in [6.45, 7) is 3.38. The quantitative estimate of drug-likeness (QED) is 0.810. The van der Waals surface area contributed by atoms with Crippen molar-refractivity contribution in [1.29, 1.82) is 0 Å². The summed E-state index contributed by atoms with van der Waals surface area (Å²) in [5.41, 5.74) is 0. The third-order valence-corrected chi connectivity index (χ3v) is 3.22. The number of anilines is 2. The highest BCUT2D eigenvalue weighted by Crippen LogP contribution is 2.16. The average molecular weight is 272 g/mol. The predicted molar refractivity (Wildman–Crippen MR) is 75.0 cm³/mol. The molecule has 3 heterocycles. The van der Waals surface area contributed by atoms with Gasteiger partial charge in [0.2, 0.25) is 17.8 Å². The molecular weight excluding hydrogens is 256 g/mol. The maximum Gasteiger partial charge on any atom is 0.228 e. The summed E-state index contributed by atoms with van der Waals surface area (Å²) >= 11 is 0. The zero-order chi connectivity index (χ0) is 13.8. The van der Waals surface area contributed by atoms with Crippen LogP contribution in [0.3, 0.4) is 0 Å². The highest BCUT2D eigenvalue weighted by atomic mass is 16.5. The van der Waals surface area contributed by atoms with Crippen LogP contribution in [-0.2, 0) is 0 Å². The van der Waals surface area contributed by atoms with Crippen LogP contribution in [0.5, 0.6) is 5.88 Å². The number of hydrogen-bond acceptors (Lipinski definition) is 7. The van der Waals surface area contributed by atoms with Gasteiger partial charge in [-0.25, -0.2) is 15.0 Å². The normalized spacial score (nSPS) is 15.2. The van der Waals surface area contributed by atoms with Crippen LogP contribution in [0.4, 0.5) is 11.9 Å². The van der Waals surface area contributed by atoms with E-state index in [0.717, 1.165) is 32.1 Å². The second-order valence-corrected chi connectivity index (χ2v) is 4.42. The fraction of sp³-hybridized carbons (Fsp3) is 0.385. The van der Waals surface area contributed by atoms with Crippen molar-refractivity contribution in [2.24, 2.45) is 0 Å². The Kier molecular flexibility index (Phi) is 3.58. The van der Waals surface area contributed by atoms with Gasteiger partial charge in [-0.05, 0) is 6.07 Å². The van der Waals surface area contributed by atoms with Crippen molar-refractivity contribution in [3.05, 3.63) is 30.7 Å². The minimum absolute atomic E-state index is 0.587. The molecule has 1 saturated heterocycles. The van der Waals surface area contributed by atoms with Gasteiger partial charge in [0.1, 0.15) is 0 Å². The minimum atomic E-state index is 0.587. The van der Waals surface area contributed by atoms with Gasteiger partial charge in [-0.3, -0.25) is 0 Å². The molecule has 2 aromatic heterocycles. The zero-order valence-electron chi connectivity index (χ0n) is 11.3. The summed E-state index contributed by atoms with van der Waals surface area (Å²) < 4.78 is 5.13. The second-order valence-electron chi connectivity index (χ2n) is 4.42. The lowest BCUT2D eigenvalue weighted by Gasteiger charge is -2.34. The molecule has 1 aliphatic heterocycles. The van der Waals surface area contributed by atoms with Crippen LogP contribution in [0, 0.1) is 0 Å². The summed E-state index contributed by atoms with van der Waals surface area (Å²) in [6, 6.07) is 3.57. The molecule has 2 aromatic rings. The molecule has 1 fully saturated rings. The molecule has 0 amide bonds. The van der Waals surface area contributed by atoms with Crippen LogP contribution in [-0.4, -0.2) is 53.2 Å². The summed E-state index contributed by atoms with van der Waals surface area (Å²) in [5, 5.41) is 0. The molecule has 0 aromatic carbocycles. The van der Waals surface area contributed by atoms with Crippen LogP contribution in [0.15, 0.2) is 30.7 Å². The van der Waals surface area contributed by atoms with Gasteiger partial charge in [0.25, 0.3) is 0 Å². The molecule has 7 nitrogen and oxygen atoms in total. The zero-order valence-corrected chi connectivity index (χ0v) is 11.3. The van der Waals surface area contributed by atoms with E-state index in [1.165, 1.54) is 0 Å². The minimum Gasteiger partial charge on any atom is -0.481 e. The van der Waals surface area contributed by atoms with E-state index < -0.39 is 0 Å². The van der Waals surface area contributed by atoms with Crippen molar-refractivity contribution in [2.75, 3.05) is 43.1 Å². The van der Waals surface area contributed by atoms with Gasteiger partial charge < -0.3 is 14.5 Å². The number of aromatic nitrogens is 4. The van der Waals surface area contributed by atoms with Crippen LogP contribution < -0.4 is 14.5 Å². The van der Waals surface area contributed by atoms with E-state index in [4.69, 9.17) is 4.74 Å². The van der Waals surface area contributed by atoms with Crippen molar-refractivity contribution in [2.45, 2.75) is 0 Å². The van der Waals surface area contributed by atoms with Crippen LogP contribution in [0.1, 0.15) is 0 Å². The van der Waals surface area contributed by atoms with Crippen molar-refractivity contribution in [3.8, 4) is 5.88 Å². The molecule has 0 atom stereocenters. The molecule has 0 aliphatic carbocycles. The Labute approximate surface area is 117 Å². The Bertz CT molecular complexity index is 556. The van der Waals surface area contributed by atoms with Gasteiger partial charge in [-0.2, -0.15) is 4.98 Å². The van der Waals surface area contributed by atoms with Crippen LogP contribution in [0.25, 0.3) is 0 Å². The standard InChI is InChI=1S/C13H16N6O/c1-20-11-3-6-16-13(17-11)19-9-7-18(8-10-19)12-14-4-2-5-15-12/h2-6H,7-10H2,1H3. The molecular formula is C13H16N6O. The third kappa shape index (κ3) is 2.61. The highest BCUT2D eigenvalue weighted by molar-refractivity contribution is 5.38. The lowest BCUT2D eigenvalue weighted by atomic mass is 10.3. The Morgan fingerprint density at radius 1 is 0.900 bits per heavy atom. The van der Waals surface area contributed by atoms with E-state index in [1.807, 2.05) is 6.07 Å². The van der Waals surface area contributed by atoms with E-state index in [0.29, 0.717) is 11.8 Å². The summed E-state index contributed by atoms with van der Waals surface area (Å²) in [7, 11) is 1.61. The van der Waals surface area contributed by atoms with Gasteiger partial charge in [0, 0.05) is 50.8 Å². The Morgan fingerprint density at radius 2 is 1.50 bits per heavy atom. The Balaban J connectivity index is 1.66. The average Bonchev–Trinajstić information content (AvgIpc) is 2.56. The van der Waals surface area contributed by atoms with E-state index in [-0.39, 0.29) is 0 Å². The van der Waals surface area contributed by atoms with Gasteiger partial charge in [0.15, 0.2) is 0 Å². The van der Waals surface area contributed by atoms with Crippen molar-refractivity contribution in [1.82, 2.24) is 19.9 Å². The van der Waals surface area contributed by atoms with Gasteiger partial charge >= 0.3 is 0 Å². The second kappa shape index (κ2) is 5.68. The number of hydrogen-bond donors (Lipinski definition) is 0. The molecule has 0 bridgehead atoms. The molecule has 1 aliphatic rings. The SMILES string of the molecule is COc1ccnc(N2CCN(c3ncccn3)CC2)n1. The topological polar surface area (TPSA) is 67.3 Å². The van der Waals surface area contributed by atoms with Crippen LogP contribution in [0.2, 0.25) is 0 Å². The molecule has 0 unspecified atom stereocenters. The first-order chi connectivity index (χ1) is 9.86. The molecule has 0 saturated carbocycles. The van der Waals surface area contributed by atoms with Gasteiger partial charge in [0.05, 0.1) is 7.11 Å². The van der Waals surface area contributed by atoms with Crippen LogP contribution >= 0.6 is 0 Å². The molecule has 20 heavy (non-hydrogen) atoms. The molecule has 3 rings (SSSR count). The largest absolute Gasteiger partial charge is 0.481 e. The monoisotopic (exact) mass is 272 g/mol. The molecule has 0 N–H and O–H groups in total. The van der Waals surface area contributed by atoms with E-state index in [2.05, 4.69) is 29.7 Å². The third-order valence-electron chi connectivity index (χ3n) is 3.22. The fourth-order valence-corrected chi connectivity index (χ4v) is 2.16. The van der Waals surface area contributed by atoms with Gasteiger partial charge in [-0.15, -0.1) is 0 Å². The van der Waals surface area contributed by atoms with Crippen molar-refractivity contribution < 1.29 is 4.74 Å². The molecule has 7 heteroatoms. The summed E-state index contributed by atoms with van der Waals surface area (Å²) in [4.78, 5) is 21.5. The van der Waals surface area contributed by atoms with Crippen molar-refractivity contribution >= 4 is 11.9 Å². The lowest BCUT2D eigenvalue weighted by Crippen LogP contribution is -2.47. The lowest BCUT2D eigenvalue weighted by molar-refractivity contribution is 0.396. The summed E-state index contributed by atoms with van der Waals surface area (Å²) in [6.07, 6.45) is 5.24. The highest BCUT2D eigenvalue weighted by Gasteiger charge is 2.20. The molecule has 104 valence electrons. The number of rotatable bonds is 3. The maximum atomic E-state index is 5.13. The maximum absolute atomic E-state index is 5.13. The number of methoxy groups -OCH3 is 1. The molecule has 0 radical (unpaired) electrons. The fourth-order valence-electron chi connectivity index (χ4n) is 2.16. The van der Waals surface area contributed by atoms with E-state index in [9.17, 15) is 0 Å². The number of piperazine rings is 1. The smallest absolute Gasteiger partial charge is 0.228 e. The predicted octanol–water partition coefficient (Wildman–Crippen LogP) is 0.602. The Hall–Kier alpha value is -2.44. The summed E-state index contributed by atoms with van der Waals surface area (Å²) in [5.74, 6) is 2.07. The van der Waals surface area contributed by atoms with Crippen molar-refractivity contribution in [3.63, 3.8) is 0 Å².